The van der Waals surface area contributed by atoms with Crippen LogP contribution in [0.15, 0.2) is 22.6 Å². The number of rotatable bonds is 11. The maximum Gasteiger partial charge on any atom is 0.324 e. The minimum absolute atomic E-state index is 0.0528. The fourth-order valence-corrected chi connectivity index (χ4v) is 3.43. The van der Waals surface area contributed by atoms with E-state index in [2.05, 4.69) is 16.6 Å². The van der Waals surface area contributed by atoms with Crippen LogP contribution in [0.2, 0.25) is 0 Å². The highest BCUT2D eigenvalue weighted by molar-refractivity contribution is 7.61. The van der Waals surface area contributed by atoms with Gasteiger partial charge in [0.25, 0.3) is 0 Å². The van der Waals surface area contributed by atoms with Crippen molar-refractivity contribution in [2.24, 2.45) is 4.36 Å². The highest BCUT2D eigenvalue weighted by Crippen LogP contribution is 2.28. The van der Waals surface area contributed by atoms with Crippen LogP contribution in [-0.2, 0) is 21.7 Å². The fraction of sp³-hybridized carbons (Fsp3) is 0.619. The number of amides is 3. The molecule has 0 saturated heterocycles. The van der Waals surface area contributed by atoms with Gasteiger partial charge in [-0.3, -0.25) is 9.69 Å². The molecule has 0 spiro atoms. The number of urea groups is 1. The molecule has 0 heterocycles. The summed E-state index contributed by atoms with van der Waals surface area (Å²) in [5.74, 6) is -0.0652. The van der Waals surface area contributed by atoms with Crippen molar-refractivity contribution in [3.8, 4) is 5.75 Å². The predicted octanol–water partition coefficient (Wildman–Crippen LogP) is 4.24. The molecule has 1 aromatic rings. The van der Waals surface area contributed by atoms with Gasteiger partial charge in [0.15, 0.2) is 0 Å². The minimum atomic E-state index is -2.65. The zero-order valence-electron chi connectivity index (χ0n) is 18.5. The van der Waals surface area contributed by atoms with E-state index in [9.17, 15) is 18.0 Å². The Labute approximate surface area is 180 Å². The molecular formula is C21H33N3O5S. The van der Waals surface area contributed by atoms with Crippen LogP contribution >= 0.6 is 0 Å². The van der Waals surface area contributed by atoms with Crippen LogP contribution in [0, 0.1) is 0 Å². The highest BCUT2D eigenvalue weighted by atomic mass is 32.2. The summed E-state index contributed by atoms with van der Waals surface area (Å²) in [7, 11) is -1.24. The van der Waals surface area contributed by atoms with Gasteiger partial charge in [0.05, 0.1) is 13.5 Å². The topological polar surface area (TPSA) is 105 Å². The van der Waals surface area contributed by atoms with Gasteiger partial charge in [0.1, 0.15) is 11.4 Å². The summed E-state index contributed by atoms with van der Waals surface area (Å²) in [6.07, 6.45) is 4.92. The number of carbonyl (C=O) groups is 2. The van der Waals surface area contributed by atoms with Crippen LogP contribution in [0.25, 0.3) is 0 Å². The summed E-state index contributed by atoms with van der Waals surface area (Å²) in [5, 5.41) is 2.79. The van der Waals surface area contributed by atoms with Gasteiger partial charge in [-0.25, -0.2) is 4.79 Å². The van der Waals surface area contributed by atoms with E-state index in [1.165, 1.54) is 18.1 Å². The van der Waals surface area contributed by atoms with Crippen molar-refractivity contribution in [2.75, 3.05) is 7.11 Å². The quantitative estimate of drug-likeness (QED) is 0.519. The lowest BCUT2D eigenvalue weighted by Gasteiger charge is -2.29. The van der Waals surface area contributed by atoms with Crippen LogP contribution < -0.4 is 10.1 Å². The van der Waals surface area contributed by atoms with Gasteiger partial charge in [0.2, 0.25) is 5.91 Å². The molecule has 0 aromatic heterocycles. The van der Waals surface area contributed by atoms with Crippen molar-refractivity contribution in [3.63, 3.8) is 0 Å². The van der Waals surface area contributed by atoms with E-state index < -0.39 is 16.5 Å². The normalized spacial score (nSPS) is 11.7. The van der Waals surface area contributed by atoms with E-state index in [-0.39, 0.29) is 35.8 Å². The van der Waals surface area contributed by atoms with Crippen molar-refractivity contribution in [1.82, 2.24) is 10.2 Å². The van der Waals surface area contributed by atoms with Gasteiger partial charge in [-0.2, -0.15) is 8.42 Å². The second kappa shape index (κ2) is 13.0. The van der Waals surface area contributed by atoms with E-state index >= 15 is 0 Å². The molecule has 8 nitrogen and oxygen atoms in total. The first kappa shape index (κ1) is 25.6. The van der Waals surface area contributed by atoms with E-state index in [4.69, 9.17) is 4.74 Å². The first-order chi connectivity index (χ1) is 14.2. The zero-order chi connectivity index (χ0) is 22.7. The summed E-state index contributed by atoms with van der Waals surface area (Å²) in [6.45, 7) is 7.69. The van der Waals surface area contributed by atoms with Crippen LogP contribution in [0.4, 0.5) is 10.5 Å². The third-order valence-electron chi connectivity index (χ3n) is 4.59. The van der Waals surface area contributed by atoms with Crippen molar-refractivity contribution < 1.29 is 22.7 Å². The SMILES string of the molecule is CCCCCCC(C)N(C(=O)Cc1ccc(OC)c(N=S(=O)=O)c1)C(=O)NC(C)C. The third kappa shape index (κ3) is 8.52. The first-order valence-electron chi connectivity index (χ1n) is 10.3. The van der Waals surface area contributed by atoms with Crippen LogP contribution in [0.1, 0.15) is 65.4 Å². The fourth-order valence-electron chi connectivity index (χ4n) is 3.13. The summed E-state index contributed by atoms with van der Waals surface area (Å²) in [5.41, 5.74) is 0.660. The van der Waals surface area contributed by atoms with Crippen molar-refractivity contribution in [3.05, 3.63) is 23.8 Å². The Morgan fingerprint density at radius 2 is 1.87 bits per heavy atom. The van der Waals surface area contributed by atoms with Crippen molar-refractivity contribution in [1.29, 1.82) is 0 Å². The second-order valence-corrected chi connectivity index (χ2v) is 8.17. The van der Waals surface area contributed by atoms with Gasteiger partial charge in [-0.05, 0) is 44.9 Å². The Kier molecular flexibility index (Phi) is 11.1. The average molecular weight is 440 g/mol. The Hall–Kier alpha value is -2.42. The van der Waals surface area contributed by atoms with Crippen molar-refractivity contribution >= 4 is 28.1 Å². The number of benzene rings is 1. The standard InChI is InChI=1S/C21H33N3O5S/c1-6-7-8-9-10-16(4)24(21(26)22-15(2)3)20(25)14-17-11-12-19(29-5)18(13-17)23-30(27)28/h11-13,15-16H,6-10,14H2,1-5H3,(H,22,26). The molecule has 0 saturated carbocycles. The second-order valence-electron chi connectivity index (χ2n) is 7.56. The van der Waals surface area contributed by atoms with Crippen LogP contribution in [0.3, 0.4) is 0 Å². The summed E-state index contributed by atoms with van der Waals surface area (Å²) in [6, 6.07) is 3.94. The number of imide groups is 1. The van der Waals surface area contributed by atoms with E-state index in [1.54, 1.807) is 12.1 Å². The maximum absolute atomic E-state index is 13.0. The lowest BCUT2D eigenvalue weighted by molar-refractivity contribution is -0.129. The molecule has 3 amide bonds. The lowest BCUT2D eigenvalue weighted by Crippen LogP contribution is -2.50. The Morgan fingerprint density at radius 3 is 2.43 bits per heavy atom. The average Bonchev–Trinajstić information content (AvgIpc) is 2.64. The molecule has 9 heteroatoms. The first-order valence-corrected chi connectivity index (χ1v) is 11.3. The Morgan fingerprint density at radius 1 is 1.17 bits per heavy atom. The maximum atomic E-state index is 13.0. The molecular weight excluding hydrogens is 406 g/mol. The number of carbonyl (C=O) groups excluding carboxylic acids is 2. The molecule has 1 unspecified atom stereocenters. The van der Waals surface area contributed by atoms with Gasteiger partial charge in [-0.1, -0.05) is 38.7 Å². The molecule has 1 N–H and O–H groups in total. The number of unbranched alkanes of at least 4 members (excludes halogenated alkanes) is 3. The largest absolute Gasteiger partial charge is 0.494 e. The zero-order valence-corrected chi connectivity index (χ0v) is 19.3. The molecule has 0 fully saturated rings. The van der Waals surface area contributed by atoms with E-state index in [0.29, 0.717) is 5.56 Å². The molecule has 30 heavy (non-hydrogen) atoms. The molecule has 1 rings (SSSR count). The molecule has 1 aromatic carbocycles. The highest BCUT2D eigenvalue weighted by Gasteiger charge is 2.27. The minimum Gasteiger partial charge on any atom is -0.494 e. The molecule has 168 valence electrons. The van der Waals surface area contributed by atoms with Gasteiger partial charge in [-0.15, -0.1) is 4.36 Å². The summed E-state index contributed by atoms with van der Waals surface area (Å²) < 4.78 is 30.5. The molecule has 0 radical (unpaired) electrons. The number of nitrogens with zero attached hydrogens (tertiary/aromatic N) is 2. The van der Waals surface area contributed by atoms with E-state index in [0.717, 1.165) is 32.1 Å². The molecule has 0 aliphatic heterocycles. The van der Waals surface area contributed by atoms with Crippen LogP contribution in [-0.4, -0.2) is 44.4 Å². The Bertz CT molecular complexity index is 844. The van der Waals surface area contributed by atoms with Gasteiger partial charge < -0.3 is 10.1 Å². The van der Waals surface area contributed by atoms with Crippen molar-refractivity contribution in [2.45, 2.75) is 78.3 Å². The molecule has 0 aliphatic carbocycles. The third-order valence-corrected chi connectivity index (χ3v) is 4.93. The monoisotopic (exact) mass is 439 g/mol. The summed E-state index contributed by atoms with van der Waals surface area (Å²) in [4.78, 5) is 27.0. The van der Waals surface area contributed by atoms with Gasteiger partial charge >= 0.3 is 16.5 Å². The number of hydrogen-bond acceptors (Lipinski definition) is 6. The number of methoxy groups -OCH3 is 1. The summed E-state index contributed by atoms with van der Waals surface area (Å²) >= 11 is 0. The van der Waals surface area contributed by atoms with Crippen LogP contribution in [0.5, 0.6) is 5.75 Å². The van der Waals surface area contributed by atoms with E-state index in [1.807, 2.05) is 20.8 Å². The lowest BCUT2D eigenvalue weighted by atomic mass is 10.1. The Balaban J connectivity index is 3.06. The predicted molar refractivity (Wildman–Crippen MR) is 116 cm³/mol. The van der Waals surface area contributed by atoms with Gasteiger partial charge in [0, 0.05) is 12.1 Å². The molecule has 0 bridgehead atoms. The molecule has 1 atom stereocenters. The molecule has 0 aliphatic rings. The number of ether oxygens (including phenoxy) is 1. The number of nitrogens with one attached hydrogen (secondary N) is 1. The number of hydrogen-bond donors (Lipinski definition) is 1. The smallest absolute Gasteiger partial charge is 0.324 e.